The van der Waals surface area contributed by atoms with Crippen LogP contribution >= 0.6 is 0 Å². The average molecular weight is 261 g/mol. The molecule has 102 valence electrons. The third-order valence-electron chi connectivity index (χ3n) is 2.86. The summed E-state index contributed by atoms with van der Waals surface area (Å²) in [4.78, 5) is 4.40. The molecular formula is C14H19N3O2. The number of benzene rings is 1. The number of ether oxygens (including phenoxy) is 1. The Balaban J connectivity index is 2.06. The van der Waals surface area contributed by atoms with Crippen molar-refractivity contribution in [2.24, 2.45) is 0 Å². The molecule has 0 saturated heterocycles. The van der Waals surface area contributed by atoms with Gasteiger partial charge in [0.05, 0.1) is 13.2 Å². The Kier molecular flexibility index (Phi) is 4.52. The standard InChI is InChI=1S/C14H19N3O2/c1-4-15-10(2)14-16-13(17-19-14)9-11-6-5-7-12(8-11)18-3/h5-8,10,15H,4,9H2,1-3H3. The fraction of sp³-hybridized carbons (Fsp3) is 0.429. The van der Waals surface area contributed by atoms with Crippen LogP contribution in [-0.2, 0) is 6.42 Å². The lowest BCUT2D eigenvalue weighted by atomic mass is 10.1. The molecule has 1 atom stereocenters. The van der Waals surface area contributed by atoms with E-state index in [0.717, 1.165) is 17.9 Å². The summed E-state index contributed by atoms with van der Waals surface area (Å²) in [5.41, 5.74) is 1.10. The van der Waals surface area contributed by atoms with Crippen LogP contribution in [0.2, 0.25) is 0 Å². The molecular weight excluding hydrogens is 242 g/mol. The van der Waals surface area contributed by atoms with E-state index in [0.29, 0.717) is 18.1 Å². The lowest BCUT2D eigenvalue weighted by Crippen LogP contribution is -2.17. The molecule has 0 saturated carbocycles. The molecule has 5 nitrogen and oxygen atoms in total. The molecule has 0 radical (unpaired) electrons. The van der Waals surface area contributed by atoms with Crippen molar-refractivity contribution in [3.8, 4) is 5.75 Å². The second-order valence-corrected chi connectivity index (χ2v) is 4.36. The van der Waals surface area contributed by atoms with Crippen LogP contribution < -0.4 is 10.1 Å². The summed E-state index contributed by atoms with van der Waals surface area (Å²) in [6.07, 6.45) is 0.638. The van der Waals surface area contributed by atoms with Crippen LogP contribution in [0.25, 0.3) is 0 Å². The van der Waals surface area contributed by atoms with Crippen molar-refractivity contribution in [3.05, 3.63) is 41.5 Å². The van der Waals surface area contributed by atoms with E-state index in [-0.39, 0.29) is 6.04 Å². The molecule has 0 fully saturated rings. The maximum absolute atomic E-state index is 5.25. The largest absolute Gasteiger partial charge is 0.497 e. The average Bonchev–Trinajstić information content (AvgIpc) is 2.88. The topological polar surface area (TPSA) is 60.2 Å². The quantitative estimate of drug-likeness (QED) is 0.864. The van der Waals surface area contributed by atoms with Gasteiger partial charge in [-0.1, -0.05) is 24.2 Å². The Hall–Kier alpha value is -1.88. The number of aromatic nitrogens is 2. The summed E-state index contributed by atoms with van der Waals surface area (Å²) < 4.78 is 10.4. The Labute approximate surface area is 113 Å². The van der Waals surface area contributed by atoms with Crippen molar-refractivity contribution in [1.29, 1.82) is 0 Å². The predicted molar refractivity (Wildman–Crippen MR) is 72.2 cm³/mol. The molecule has 1 aromatic heterocycles. The minimum atomic E-state index is 0.0801. The summed E-state index contributed by atoms with van der Waals surface area (Å²) in [6, 6.07) is 7.95. The van der Waals surface area contributed by atoms with Crippen molar-refractivity contribution in [2.45, 2.75) is 26.3 Å². The highest BCUT2D eigenvalue weighted by atomic mass is 16.5. The van der Waals surface area contributed by atoms with E-state index in [1.165, 1.54) is 0 Å². The SMILES string of the molecule is CCNC(C)c1nc(Cc2cccc(OC)c2)no1. The molecule has 5 heteroatoms. The number of nitrogens with one attached hydrogen (secondary N) is 1. The van der Waals surface area contributed by atoms with E-state index >= 15 is 0 Å². The lowest BCUT2D eigenvalue weighted by molar-refractivity contribution is 0.339. The highest BCUT2D eigenvalue weighted by molar-refractivity contribution is 5.30. The molecule has 1 heterocycles. The van der Waals surface area contributed by atoms with Crippen LogP contribution in [0.1, 0.15) is 37.2 Å². The maximum Gasteiger partial charge on any atom is 0.243 e. The van der Waals surface area contributed by atoms with E-state index < -0.39 is 0 Å². The highest BCUT2D eigenvalue weighted by Gasteiger charge is 2.13. The number of hydrogen-bond donors (Lipinski definition) is 1. The third kappa shape index (κ3) is 3.54. The molecule has 0 spiro atoms. The molecule has 1 N–H and O–H groups in total. The van der Waals surface area contributed by atoms with Crippen molar-refractivity contribution < 1.29 is 9.26 Å². The molecule has 0 aliphatic carbocycles. The van der Waals surface area contributed by atoms with Gasteiger partial charge in [0.25, 0.3) is 0 Å². The summed E-state index contributed by atoms with van der Waals surface area (Å²) in [7, 11) is 1.66. The maximum atomic E-state index is 5.25. The zero-order valence-corrected chi connectivity index (χ0v) is 11.5. The van der Waals surface area contributed by atoms with E-state index in [1.807, 2.05) is 38.1 Å². The van der Waals surface area contributed by atoms with Gasteiger partial charge >= 0.3 is 0 Å². The number of rotatable bonds is 6. The minimum absolute atomic E-state index is 0.0801. The van der Waals surface area contributed by atoms with Crippen LogP contribution in [0.3, 0.4) is 0 Å². The van der Waals surface area contributed by atoms with Crippen molar-refractivity contribution in [3.63, 3.8) is 0 Å². The summed E-state index contributed by atoms with van der Waals surface area (Å²) in [5.74, 6) is 2.15. The minimum Gasteiger partial charge on any atom is -0.497 e. The third-order valence-corrected chi connectivity index (χ3v) is 2.86. The molecule has 1 unspecified atom stereocenters. The molecule has 2 rings (SSSR count). The van der Waals surface area contributed by atoms with Crippen LogP contribution in [0, 0.1) is 0 Å². The number of hydrogen-bond acceptors (Lipinski definition) is 5. The Bertz CT molecular complexity index is 525. The first-order valence-electron chi connectivity index (χ1n) is 6.41. The first-order chi connectivity index (χ1) is 9.22. The molecule has 19 heavy (non-hydrogen) atoms. The Morgan fingerprint density at radius 1 is 1.42 bits per heavy atom. The van der Waals surface area contributed by atoms with Gasteiger partial charge in [-0.3, -0.25) is 0 Å². The van der Waals surface area contributed by atoms with Crippen LogP contribution in [0.4, 0.5) is 0 Å². The van der Waals surface area contributed by atoms with Gasteiger partial charge in [0.15, 0.2) is 5.82 Å². The molecule has 0 amide bonds. The highest BCUT2D eigenvalue weighted by Crippen LogP contribution is 2.16. The van der Waals surface area contributed by atoms with Gasteiger partial charge in [-0.15, -0.1) is 0 Å². The first kappa shape index (κ1) is 13.5. The van der Waals surface area contributed by atoms with Crippen molar-refractivity contribution in [2.75, 3.05) is 13.7 Å². The van der Waals surface area contributed by atoms with Gasteiger partial charge in [0.2, 0.25) is 5.89 Å². The van der Waals surface area contributed by atoms with E-state index in [9.17, 15) is 0 Å². The van der Waals surface area contributed by atoms with Crippen LogP contribution in [-0.4, -0.2) is 23.8 Å². The van der Waals surface area contributed by atoms with E-state index in [4.69, 9.17) is 9.26 Å². The van der Waals surface area contributed by atoms with Gasteiger partial charge in [0.1, 0.15) is 5.75 Å². The smallest absolute Gasteiger partial charge is 0.243 e. The number of methoxy groups -OCH3 is 1. The van der Waals surface area contributed by atoms with Crippen molar-refractivity contribution >= 4 is 0 Å². The second kappa shape index (κ2) is 6.33. The monoisotopic (exact) mass is 261 g/mol. The molecule has 0 aliphatic heterocycles. The van der Waals surface area contributed by atoms with E-state index in [1.54, 1.807) is 7.11 Å². The zero-order chi connectivity index (χ0) is 13.7. The number of nitrogens with zero attached hydrogens (tertiary/aromatic N) is 2. The zero-order valence-electron chi connectivity index (χ0n) is 11.5. The Morgan fingerprint density at radius 2 is 2.26 bits per heavy atom. The summed E-state index contributed by atoms with van der Waals surface area (Å²) in [6.45, 7) is 4.92. The molecule has 0 aliphatic rings. The summed E-state index contributed by atoms with van der Waals surface area (Å²) in [5, 5.41) is 7.24. The predicted octanol–water partition coefficient (Wildman–Crippen LogP) is 2.34. The van der Waals surface area contributed by atoms with Gasteiger partial charge in [0, 0.05) is 6.42 Å². The molecule has 1 aromatic carbocycles. The van der Waals surface area contributed by atoms with Crippen LogP contribution in [0.15, 0.2) is 28.8 Å². The summed E-state index contributed by atoms with van der Waals surface area (Å²) >= 11 is 0. The van der Waals surface area contributed by atoms with Gasteiger partial charge in [-0.25, -0.2) is 0 Å². The van der Waals surface area contributed by atoms with Gasteiger partial charge in [-0.05, 0) is 31.2 Å². The fourth-order valence-electron chi connectivity index (χ4n) is 1.87. The lowest BCUT2D eigenvalue weighted by Gasteiger charge is -2.05. The van der Waals surface area contributed by atoms with Crippen LogP contribution in [0.5, 0.6) is 5.75 Å². The molecule has 2 aromatic rings. The van der Waals surface area contributed by atoms with Crippen molar-refractivity contribution in [1.82, 2.24) is 15.5 Å². The van der Waals surface area contributed by atoms with E-state index in [2.05, 4.69) is 15.5 Å². The van der Waals surface area contributed by atoms with Gasteiger partial charge < -0.3 is 14.6 Å². The normalized spacial score (nSPS) is 12.4. The fourth-order valence-corrected chi connectivity index (χ4v) is 1.87. The Morgan fingerprint density at radius 3 is 3.00 bits per heavy atom. The second-order valence-electron chi connectivity index (χ2n) is 4.36. The first-order valence-corrected chi connectivity index (χ1v) is 6.41. The van der Waals surface area contributed by atoms with Gasteiger partial charge in [-0.2, -0.15) is 4.98 Å². The molecule has 0 bridgehead atoms.